The highest BCUT2D eigenvalue weighted by Crippen LogP contribution is 2.14. The predicted octanol–water partition coefficient (Wildman–Crippen LogP) is 9.96. The number of imidazole rings is 1. The average Bonchev–Trinajstić information content (AvgIpc) is 3.21. The summed E-state index contributed by atoms with van der Waals surface area (Å²) in [5.74, 6) is 1.60. The van der Waals surface area contributed by atoms with Gasteiger partial charge in [-0.3, -0.25) is 0 Å². The molecule has 1 rings (SSSR count). The molecule has 0 amide bonds. The molecule has 0 bridgehead atoms. The van der Waals surface area contributed by atoms with E-state index in [4.69, 9.17) is 0 Å². The van der Waals surface area contributed by atoms with Crippen molar-refractivity contribution in [2.75, 3.05) is 0 Å². The SMILES string of the molecule is CCCCCCCCCCCCCCc1n(CCCCCC)cc[n+]1CCCCCCCC. The van der Waals surface area contributed by atoms with Crippen LogP contribution in [0.25, 0.3) is 0 Å². The van der Waals surface area contributed by atoms with Crippen LogP contribution in [0.5, 0.6) is 0 Å². The number of aromatic nitrogens is 2. The van der Waals surface area contributed by atoms with E-state index in [-0.39, 0.29) is 0 Å². The number of hydrogen-bond acceptors (Lipinski definition) is 0. The summed E-state index contributed by atoms with van der Waals surface area (Å²) in [6.07, 6.45) is 37.0. The van der Waals surface area contributed by atoms with Crippen molar-refractivity contribution in [3.8, 4) is 0 Å². The van der Waals surface area contributed by atoms with Crippen LogP contribution in [0.4, 0.5) is 0 Å². The summed E-state index contributed by atoms with van der Waals surface area (Å²) in [7, 11) is 0. The third-order valence-corrected chi connectivity index (χ3v) is 7.35. The van der Waals surface area contributed by atoms with Crippen LogP contribution in [0.3, 0.4) is 0 Å². The standard InChI is InChI=1S/C31H61N2/c1-4-7-10-13-15-16-17-18-19-20-21-23-26-31-32(27-24-12-9-6-3)29-30-33(31)28-25-22-14-11-8-5-2/h29-30H,4-28H2,1-3H3/q+1. The molecule has 1 aromatic heterocycles. The maximum atomic E-state index is 2.60. The molecule has 2 heteroatoms. The molecule has 0 saturated carbocycles. The van der Waals surface area contributed by atoms with Crippen LogP contribution in [0.1, 0.15) is 168 Å². The molecule has 0 aliphatic heterocycles. The third kappa shape index (κ3) is 16.5. The van der Waals surface area contributed by atoms with Gasteiger partial charge in [-0.15, -0.1) is 0 Å². The Morgan fingerprint density at radius 1 is 0.515 bits per heavy atom. The van der Waals surface area contributed by atoms with Gasteiger partial charge >= 0.3 is 0 Å². The molecule has 0 saturated heterocycles. The predicted molar refractivity (Wildman–Crippen MR) is 147 cm³/mol. The minimum Gasteiger partial charge on any atom is -0.234 e. The second-order valence-corrected chi connectivity index (χ2v) is 10.6. The molecular weight excluding hydrogens is 400 g/mol. The summed E-state index contributed by atoms with van der Waals surface area (Å²) < 4.78 is 5.18. The van der Waals surface area contributed by atoms with Crippen molar-refractivity contribution in [2.45, 2.75) is 182 Å². The molecule has 33 heavy (non-hydrogen) atoms. The number of rotatable bonds is 25. The highest BCUT2D eigenvalue weighted by Gasteiger charge is 2.16. The lowest BCUT2D eigenvalue weighted by Gasteiger charge is -2.07. The Hall–Kier alpha value is -0.790. The van der Waals surface area contributed by atoms with Crippen LogP contribution >= 0.6 is 0 Å². The first-order valence-electron chi connectivity index (χ1n) is 15.4. The van der Waals surface area contributed by atoms with Gasteiger partial charge in [-0.1, -0.05) is 130 Å². The second-order valence-electron chi connectivity index (χ2n) is 10.6. The largest absolute Gasteiger partial charge is 0.256 e. The van der Waals surface area contributed by atoms with Gasteiger partial charge in [0, 0.05) is 6.42 Å². The zero-order valence-electron chi connectivity index (χ0n) is 23.2. The van der Waals surface area contributed by atoms with Gasteiger partial charge in [-0.25, -0.2) is 9.13 Å². The van der Waals surface area contributed by atoms with Gasteiger partial charge in [-0.2, -0.15) is 0 Å². The maximum Gasteiger partial charge on any atom is 0.256 e. The van der Waals surface area contributed by atoms with E-state index >= 15 is 0 Å². The zero-order chi connectivity index (χ0) is 23.8. The van der Waals surface area contributed by atoms with Gasteiger partial charge in [0.05, 0.1) is 13.1 Å². The molecule has 0 unspecified atom stereocenters. The number of hydrogen-bond donors (Lipinski definition) is 0. The third-order valence-electron chi connectivity index (χ3n) is 7.35. The van der Waals surface area contributed by atoms with Crippen molar-refractivity contribution >= 4 is 0 Å². The average molecular weight is 462 g/mol. The molecule has 0 radical (unpaired) electrons. The first-order valence-corrected chi connectivity index (χ1v) is 15.4. The van der Waals surface area contributed by atoms with Gasteiger partial charge in [0.25, 0.3) is 5.82 Å². The monoisotopic (exact) mass is 461 g/mol. The summed E-state index contributed by atoms with van der Waals surface area (Å²) in [5.41, 5.74) is 0. The molecule has 0 fully saturated rings. The minimum absolute atomic E-state index is 1.22. The van der Waals surface area contributed by atoms with E-state index in [1.165, 1.54) is 161 Å². The van der Waals surface area contributed by atoms with E-state index < -0.39 is 0 Å². The molecule has 0 aliphatic carbocycles. The van der Waals surface area contributed by atoms with Gasteiger partial charge < -0.3 is 0 Å². The Kier molecular flexibility index (Phi) is 21.1. The first-order chi connectivity index (χ1) is 16.3. The number of aryl methyl sites for hydroxylation is 2. The number of nitrogens with zero attached hydrogens (tertiary/aromatic N) is 2. The van der Waals surface area contributed by atoms with Gasteiger partial charge in [0.2, 0.25) is 0 Å². The van der Waals surface area contributed by atoms with Crippen molar-refractivity contribution in [3.63, 3.8) is 0 Å². The number of unbranched alkanes of at least 4 members (excludes halogenated alkanes) is 19. The quantitative estimate of drug-likeness (QED) is 0.101. The van der Waals surface area contributed by atoms with E-state index in [2.05, 4.69) is 42.3 Å². The highest BCUT2D eigenvalue weighted by atomic mass is 15.1. The van der Waals surface area contributed by atoms with E-state index in [1.54, 1.807) is 5.82 Å². The van der Waals surface area contributed by atoms with E-state index in [0.29, 0.717) is 0 Å². The van der Waals surface area contributed by atoms with Crippen LogP contribution in [0.2, 0.25) is 0 Å². The molecule has 2 nitrogen and oxygen atoms in total. The summed E-state index contributed by atoms with van der Waals surface area (Å²) in [6, 6.07) is 0. The van der Waals surface area contributed by atoms with Crippen LogP contribution in [0.15, 0.2) is 12.4 Å². The lowest BCUT2D eigenvalue weighted by molar-refractivity contribution is -0.704. The molecule has 0 aromatic carbocycles. The zero-order valence-corrected chi connectivity index (χ0v) is 23.2. The van der Waals surface area contributed by atoms with Crippen LogP contribution in [-0.2, 0) is 19.5 Å². The Morgan fingerprint density at radius 3 is 1.45 bits per heavy atom. The molecule has 0 N–H and O–H groups in total. The molecular formula is C31H61N2+. The van der Waals surface area contributed by atoms with Crippen LogP contribution < -0.4 is 4.57 Å². The van der Waals surface area contributed by atoms with E-state index in [0.717, 1.165) is 0 Å². The summed E-state index contributed by atoms with van der Waals surface area (Å²) in [6.45, 7) is 9.36. The summed E-state index contributed by atoms with van der Waals surface area (Å²) in [5, 5.41) is 0. The highest BCUT2D eigenvalue weighted by molar-refractivity contribution is 4.84. The summed E-state index contributed by atoms with van der Waals surface area (Å²) >= 11 is 0. The van der Waals surface area contributed by atoms with Crippen molar-refractivity contribution in [1.29, 1.82) is 0 Å². The molecule has 1 heterocycles. The fourth-order valence-corrected chi connectivity index (χ4v) is 5.09. The van der Waals surface area contributed by atoms with Crippen molar-refractivity contribution in [3.05, 3.63) is 18.2 Å². The topological polar surface area (TPSA) is 8.81 Å². The van der Waals surface area contributed by atoms with Crippen LogP contribution in [-0.4, -0.2) is 4.57 Å². The lowest BCUT2D eigenvalue weighted by atomic mass is 10.0. The van der Waals surface area contributed by atoms with Gasteiger partial charge in [-0.05, 0) is 32.1 Å². The maximum absolute atomic E-state index is 2.60. The van der Waals surface area contributed by atoms with Gasteiger partial charge in [0.1, 0.15) is 12.4 Å². The Balaban J connectivity index is 2.27. The molecule has 1 aromatic rings. The fraction of sp³-hybridized carbons (Fsp3) is 0.903. The normalized spacial score (nSPS) is 11.5. The Morgan fingerprint density at radius 2 is 0.939 bits per heavy atom. The second kappa shape index (κ2) is 23.0. The summed E-state index contributed by atoms with van der Waals surface area (Å²) in [4.78, 5) is 0. The minimum atomic E-state index is 1.22. The molecule has 0 aliphatic rings. The lowest BCUT2D eigenvalue weighted by Crippen LogP contribution is -2.37. The van der Waals surface area contributed by atoms with Crippen molar-refractivity contribution in [1.82, 2.24) is 4.57 Å². The Labute approximate surface area is 208 Å². The molecule has 0 spiro atoms. The fourth-order valence-electron chi connectivity index (χ4n) is 5.09. The Bertz CT molecular complexity index is 519. The smallest absolute Gasteiger partial charge is 0.234 e. The first kappa shape index (κ1) is 30.2. The van der Waals surface area contributed by atoms with Crippen molar-refractivity contribution in [2.24, 2.45) is 0 Å². The van der Waals surface area contributed by atoms with E-state index in [1.807, 2.05) is 0 Å². The molecule has 194 valence electrons. The van der Waals surface area contributed by atoms with Gasteiger partial charge in [0.15, 0.2) is 0 Å². The van der Waals surface area contributed by atoms with Crippen LogP contribution in [0, 0.1) is 0 Å². The van der Waals surface area contributed by atoms with Crippen molar-refractivity contribution < 1.29 is 4.57 Å². The van der Waals surface area contributed by atoms with E-state index in [9.17, 15) is 0 Å². The molecule has 0 atom stereocenters.